The van der Waals surface area contributed by atoms with E-state index in [1.54, 1.807) is 7.11 Å². The van der Waals surface area contributed by atoms with Crippen LogP contribution in [0.4, 0.5) is 0 Å². The van der Waals surface area contributed by atoms with Gasteiger partial charge in [-0.15, -0.1) is 0 Å². The molecule has 2 unspecified atom stereocenters. The van der Waals surface area contributed by atoms with Gasteiger partial charge in [0, 0.05) is 6.61 Å². The van der Waals surface area contributed by atoms with Gasteiger partial charge in [-0.1, -0.05) is 0 Å². The molecule has 1 saturated carbocycles. The van der Waals surface area contributed by atoms with Gasteiger partial charge in [-0.3, -0.25) is 0 Å². The molecule has 7 heteroatoms. The van der Waals surface area contributed by atoms with Crippen molar-refractivity contribution >= 4 is 26.1 Å². The Labute approximate surface area is 212 Å². The zero-order valence-electron chi connectivity index (χ0n) is 20.5. The van der Waals surface area contributed by atoms with Crippen LogP contribution >= 0.6 is 0 Å². The summed E-state index contributed by atoms with van der Waals surface area (Å²) in [5.74, 6) is 0.0392. The summed E-state index contributed by atoms with van der Waals surface area (Å²) < 4.78 is 24.1. The van der Waals surface area contributed by atoms with Gasteiger partial charge in [0.25, 0.3) is 0 Å². The van der Waals surface area contributed by atoms with E-state index < -0.39 is 0 Å². The SMILES string of the molecule is COC(=[Se])C(CCCCC[C@@H]1[C@H](CO)[C@H](OC2CCCCO2)C[C@@H]1OC(C)=O)c1ccccc1. The second-order valence-corrected chi connectivity index (χ2v) is 10.3. The number of hydrogen-bond donors (Lipinski definition) is 1. The maximum absolute atomic E-state index is 11.7. The minimum atomic E-state index is -0.270. The van der Waals surface area contributed by atoms with Gasteiger partial charge in [0.15, 0.2) is 0 Å². The van der Waals surface area contributed by atoms with E-state index in [1.807, 2.05) is 6.07 Å². The number of esters is 1. The van der Waals surface area contributed by atoms with Crippen molar-refractivity contribution in [2.24, 2.45) is 11.8 Å². The number of unbranched alkanes of at least 4 members (excludes halogenated alkanes) is 2. The fraction of sp³-hybridized carbons (Fsp3) is 0.704. The molecule has 2 fully saturated rings. The summed E-state index contributed by atoms with van der Waals surface area (Å²) in [5, 5.41) is 10.2. The predicted octanol–water partition coefficient (Wildman–Crippen LogP) is 4.14. The molecule has 1 aliphatic carbocycles. The Kier molecular flexibility index (Phi) is 11.5. The molecule has 3 rings (SSSR count). The van der Waals surface area contributed by atoms with E-state index in [-0.39, 0.29) is 48.8 Å². The number of carbonyl (C=O) groups excluding carboxylic acids is 1. The molecule has 190 valence electrons. The Morgan fingerprint density at radius 3 is 2.59 bits per heavy atom. The number of aliphatic hydroxyl groups is 1. The zero-order chi connectivity index (χ0) is 24.3. The molecule has 1 aliphatic heterocycles. The number of hydrogen-bond acceptors (Lipinski definition) is 6. The fourth-order valence-corrected chi connectivity index (χ4v) is 5.99. The van der Waals surface area contributed by atoms with Gasteiger partial charge in [0.1, 0.15) is 0 Å². The molecule has 1 saturated heterocycles. The first kappa shape index (κ1) is 27.3. The molecular weight excluding hydrogens is 499 g/mol. The fourth-order valence-electron chi connectivity index (χ4n) is 5.45. The van der Waals surface area contributed by atoms with Crippen LogP contribution < -0.4 is 0 Å². The normalized spacial score (nSPS) is 27.8. The standard InChI is InChI=1S/C27H40O6Se/c1-19(29)32-24-17-25(33-26-15-9-10-16-31-26)23(18-28)22(24)14-8-4-7-13-21(27(34)30-2)20-11-5-3-6-12-20/h3,5-6,11-12,21-26,28H,4,7-10,13-18H2,1-2H3/t21?,22-,23+,24+,25-,26?/m1/s1. The Morgan fingerprint density at radius 2 is 1.94 bits per heavy atom. The van der Waals surface area contributed by atoms with Crippen molar-refractivity contribution in [3.8, 4) is 0 Å². The van der Waals surface area contributed by atoms with Crippen LogP contribution in [-0.4, -0.2) is 70.1 Å². The second kappa shape index (κ2) is 14.4. The summed E-state index contributed by atoms with van der Waals surface area (Å²) in [7, 11) is 1.71. The molecule has 1 aromatic carbocycles. The summed E-state index contributed by atoms with van der Waals surface area (Å²) in [6, 6.07) is 10.4. The van der Waals surface area contributed by atoms with Crippen molar-refractivity contribution in [1.82, 2.24) is 0 Å². The molecule has 0 bridgehead atoms. The van der Waals surface area contributed by atoms with E-state index in [1.165, 1.54) is 12.5 Å². The van der Waals surface area contributed by atoms with Gasteiger partial charge in [0.05, 0.1) is 0 Å². The van der Waals surface area contributed by atoms with Crippen LogP contribution in [0.3, 0.4) is 0 Å². The molecule has 0 amide bonds. The summed E-state index contributed by atoms with van der Waals surface area (Å²) in [5.41, 5.74) is 1.26. The van der Waals surface area contributed by atoms with Crippen molar-refractivity contribution in [3.63, 3.8) is 0 Å². The van der Waals surface area contributed by atoms with Crippen LogP contribution in [0, 0.1) is 11.8 Å². The molecular formula is C27H40O6Se. The van der Waals surface area contributed by atoms with E-state index in [4.69, 9.17) is 18.9 Å². The van der Waals surface area contributed by atoms with Crippen LogP contribution in [-0.2, 0) is 23.7 Å². The van der Waals surface area contributed by atoms with Gasteiger partial charge >= 0.3 is 182 Å². The third-order valence-electron chi connectivity index (χ3n) is 7.18. The first-order valence-corrected chi connectivity index (χ1v) is 13.6. The Balaban J connectivity index is 1.53. The molecule has 6 atom stereocenters. The summed E-state index contributed by atoms with van der Waals surface area (Å²) in [6.07, 6.45) is 8.18. The second-order valence-electron chi connectivity index (χ2n) is 9.49. The Morgan fingerprint density at radius 1 is 1.15 bits per heavy atom. The molecule has 2 aliphatic rings. The molecule has 0 radical (unpaired) electrons. The first-order valence-electron chi connectivity index (χ1n) is 12.7. The van der Waals surface area contributed by atoms with Crippen molar-refractivity contribution in [2.45, 2.75) is 89.1 Å². The maximum atomic E-state index is 11.7. The van der Waals surface area contributed by atoms with Gasteiger partial charge in [0.2, 0.25) is 0 Å². The summed E-state index contributed by atoms with van der Waals surface area (Å²) >= 11 is 3.08. The van der Waals surface area contributed by atoms with Crippen LogP contribution in [0.15, 0.2) is 30.3 Å². The van der Waals surface area contributed by atoms with Crippen molar-refractivity contribution in [2.75, 3.05) is 20.3 Å². The molecule has 0 spiro atoms. The van der Waals surface area contributed by atoms with E-state index in [0.29, 0.717) is 6.42 Å². The van der Waals surface area contributed by atoms with E-state index in [9.17, 15) is 9.90 Å². The van der Waals surface area contributed by atoms with Crippen molar-refractivity contribution in [3.05, 3.63) is 35.9 Å². The molecule has 1 heterocycles. The van der Waals surface area contributed by atoms with Crippen molar-refractivity contribution < 1.29 is 28.8 Å². The number of carbonyl (C=O) groups is 1. The van der Waals surface area contributed by atoms with Crippen LogP contribution in [0.2, 0.25) is 0 Å². The van der Waals surface area contributed by atoms with E-state index in [2.05, 4.69) is 39.8 Å². The van der Waals surface area contributed by atoms with Gasteiger partial charge < -0.3 is 4.74 Å². The monoisotopic (exact) mass is 540 g/mol. The summed E-state index contributed by atoms with van der Waals surface area (Å²) in [4.78, 5) is 11.7. The average Bonchev–Trinajstić information content (AvgIpc) is 3.16. The molecule has 34 heavy (non-hydrogen) atoms. The number of ether oxygens (including phenoxy) is 4. The van der Waals surface area contributed by atoms with E-state index >= 15 is 0 Å². The number of methoxy groups -OCH3 is 1. The van der Waals surface area contributed by atoms with Crippen LogP contribution in [0.1, 0.15) is 76.2 Å². The number of aliphatic hydroxyl groups excluding tert-OH is 1. The third kappa shape index (κ3) is 7.89. The average molecular weight is 540 g/mol. The molecule has 1 aromatic rings. The topological polar surface area (TPSA) is 74.2 Å². The van der Waals surface area contributed by atoms with Crippen molar-refractivity contribution in [1.29, 1.82) is 0 Å². The summed E-state index contributed by atoms with van der Waals surface area (Å²) in [6.45, 7) is 2.21. The quantitative estimate of drug-likeness (QED) is 0.231. The van der Waals surface area contributed by atoms with Gasteiger partial charge in [-0.05, 0) is 19.3 Å². The van der Waals surface area contributed by atoms with Crippen LogP contribution in [0.25, 0.3) is 0 Å². The molecule has 6 nitrogen and oxygen atoms in total. The molecule has 1 N–H and O–H groups in total. The van der Waals surface area contributed by atoms with Crippen LogP contribution in [0.5, 0.6) is 0 Å². The van der Waals surface area contributed by atoms with Gasteiger partial charge in [-0.2, -0.15) is 0 Å². The Bertz CT molecular complexity index is 751. The molecule has 0 aromatic heterocycles. The third-order valence-corrected chi connectivity index (χ3v) is 8.13. The Hall–Kier alpha value is -1.24. The number of benzene rings is 1. The minimum absolute atomic E-state index is 0.0354. The zero-order valence-corrected chi connectivity index (χ0v) is 22.2. The van der Waals surface area contributed by atoms with E-state index in [0.717, 1.165) is 62.6 Å². The number of rotatable bonds is 13. The first-order chi connectivity index (χ1) is 16.5. The van der Waals surface area contributed by atoms with Gasteiger partial charge in [-0.25, -0.2) is 0 Å². The predicted molar refractivity (Wildman–Crippen MR) is 133 cm³/mol.